The molecule has 132 valence electrons. The first kappa shape index (κ1) is 17.3. The molecular formula is C16H18N4O4S. The van der Waals surface area contributed by atoms with Crippen LogP contribution < -0.4 is 10.1 Å². The lowest BCUT2D eigenvalue weighted by Crippen LogP contribution is -2.20. The van der Waals surface area contributed by atoms with Crippen molar-refractivity contribution < 1.29 is 19.0 Å². The van der Waals surface area contributed by atoms with Crippen molar-refractivity contribution in [2.45, 2.75) is 0 Å². The molecule has 0 bridgehead atoms. The fraction of sp³-hybridized carbons (Fsp3) is 0.312. The number of carbonyl (C=O) groups excluding carboxylic acids is 1. The van der Waals surface area contributed by atoms with Gasteiger partial charge in [-0.3, -0.25) is 10.1 Å². The number of hydrogen-bond donors (Lipinski definition) is 1. The SMILES string of the molecule is COCCOCC(=O)Nc1nc2scc(-c3ccc(OC)cc3)n2n1. The number of nitrogens with zero attached hydrogens (tertiary/aromatic N) is 3. The highest BCUT2D eigenvalue weighted by Gasteiger charge is 2.13. The lowest BCUT2D eigenvalue weighted by atomic mass is 10.2. The molecule has 0 radical (unpaired) electrons. The van der Waals surface area contributed by atoms with Gasteiger partial charge in [-0.05, 0) is 24.3 Å². The summed E-state index contributed by atoms with van der Waals surface area (Å²) < 4.78 is 16.9. The van der Waals surface area contributed by atoms with Crippen molar-refractivity contribution in [3.8, 4) is 17.0 Å². The fourth-order valence-corrected chi connectivity index (χ4v) is 2.99. The molecule has 3 rings (SSSR count). The number of methoxy groups -OCH3 is 2. The van der Waals surface area contributed by atoms with Gasteiger partial charge in [-0.25, -0.2) is 4.52 Å². The maximum absolute atomic E-state index is 11.8. The van der Waals surface area contributed by atoms with Crippen LogP contribution in [0.1, 0.15) is 0 Å². The van der Waals surface area contributed by atoms with Gasteiger partial charge in [0.2, 0.25) is 4.96 Å². The summed E-state index contributed by atoms with van der Waals surface area (Å²) in [6, 6.07) is 7.67. The Hall–Kier alpha value is -2.49. The fourth-order valence-electron chi connectivity index (χ4n) is 2.16. The third kappa shape index (κ3) is 4.13. The van der Waals surface area contributed by atoms with Crippen LogP contribution in [0.15, 0.2) is 29.6 Å². The number of fused-ring (bicyclic) bond motifs is 1. The predicted molar refractivity (Wildman–Crippen MR) is 94.2 cm³/mol. The highest BCUT2D eigenvalue weighted by atomic mass is 32.1. The van der Waals surface area contributed by atoms with Gasteiger partial charge in [0, 0.05) is 18.1 Å². The van der Waals surface area contributed by atoms with Crippen molar-refractivity contribution in [2.75, 3.05) is 39.4 Å². The molecule has 0 aliphatic heterocycles. The Morgan fingerprint density at radius 3 is 2.76 bits per heavy atom. The Balaban J connectivity index is 1.70. The summed E-state index contributed by atoms with van der Waals surface area (Å²) in [7, 11) is 3.20. The third-order valence-electron chi connectivity index (χ3n) is 3.38. The summed E-state index contributed by atoms with van der Waals surface area (Å²) in [5, 5.41) is 8.95. The first-order chi connectivity index (χ1) is 12.2. The van der Waals surface area contributed by atoms with Gasteiger partial charge < -0.3 is 14.2 Å². The van der Waals surface area contributed by atoms with Crippen LogP contribution in [0.4, 0.5) is 5.95 Å². The molecule has 0 fully saturated rings. The lowest BCUT2D eigenvalue weighted by Gasteiger charge is -2.03. The topological polar surface area (TPSA) is 87.0 Å². The van der Waals surface area contributed by atoms with Crippen LogP contribution in [0.25, 0.3) is 16.2 Å². The highest BCUT2D eigenvalue weighted by Crippen LogP contribution is 2.27. The van der Waals surface area contributed by atoms with Crippen molar-refractivity contribution in [2.24, 2.45) is 0 Å². The summed E-state index contributed by atoms with van der Waals surface area (Å²) >= 11 is 1.45. The first-order valence-corrected chi connectivity index (χ1v) is 8.44. The van der Waals surface area contributed by atoms with Gasteiger partial charge in [-0.2, -0.15) is 4.98 Å². The van der Waals surface area contributed by atoms with Gasteiger partial charge in [0.25, 0.3) is 11.9 Å². The molecule has 2 aromatic heterocycles. The van der Waals surface area contributed by atoms with Gasteiger partial charge in [0.15, 0.2) is 0 Å². The molecule has 0 atom stereocenters. The number of benzene rings is 1. The third-order valence-corrected chi connectivity index (χ3v) is 4.20. The molecular weight excluding hydrogens is 344 g/mol. The minimum absolute atomic E-state index is 0.0679. The van der Waals surface area contributed by atoms with E-state index in [-0.39, 0.29) is 18.5 Å². The zero-order chi connectivity index (χ0) is 17.6. The molecule has 25 heavy (non-hydrogen) atoms. The van der Waals surface area contributed by atoms with Crippen molar-refractivity contribution in [1.82, 2.24) is 14.6 Å². The molecule has 1 amide bonds. The van der Waals surface area contributed by atoms with Crippen LogP contribution in [0.2, 0.25) is 0 Å². The molecule has 9 heteroatoms. The zero-order valence-corrected chi connectivity index (χ0v) is 14.7. The number of aromatic nitrogens is 3. The second-order valence-electron chi connectivity index (χ2n) is 5.07. The number of carbonyl (C=O) groups is 1. The largest absolute Gasteiger partial charge is 0.497 e. The van der Waals surface area contributed by atoms with Crippen LogP contribution in [0.5, 0.6) is 5.75 Å². The molecule has 2 heterocycles. The van der Waals surface area contributed by atoms with E-state index < -0.39 is 0 Å². The van der Waals surface area contributed by atoms with Crippen LogP contribution in [0, 0.1) is 0 Å². The number of hydrogen-bond acceptors (Lipinski definition) is 7. The number of amides is 1. The quantitative estimate of drug-likeness (QED) is 0.617. The summed E-state index contributed by atoms with van der Waals surface area (Å²) in [5.41, 5.74) is 1.88. The molecule has 3 aromatic rings. The maximum Gasteiger partial charge on any atom is 0.252 e. The second-order valence-corrected chi connectivity index (χ2v) is 5.91. The minimum atomic E-state index is -0.305. The van der Waals surface area contributed by atoms with Gasteiger partial charge in [-0.15, -0.1) is 16.4 Å². The molecule has 0 aliphatic carbocycles. The predicted octanol–water partition coefficient (Wildman–Crippen LogP) is 2.07. The standard InChI is InChI=1S/C16H18N4O4S/c1-22-7-8-24-9-14(21)17-15-18-16-20(19-15)13(10-25-16)11-3-5-12(23-2)6-4-11/h3-6,10H,7-9H2,1-2H3,(H,17,19,21). The van der Waals surface area contributed by atoms with Crippen LogP contribution in [-0.2, 0) is 14.3 Å². The Kier molecular flexibility index (Phi) is 5.59. The first-order valence-electron chi connectivity index (χ1n) is 7.56. The van der Waals surface area contributed by atoms with E-state index in [0.29, 0.717) is 18.2 Å². The Morgan fingerprint density at radius 1 is 1.24 bits per heavy atom. The molecule has 0 aliphatic rings. The highest BCUT2D eigenvalue weighted by molar-refractivity contribution is 7.15. The second kappa shape index (κ2) is 8.06. The molecule has 0 unspecified atom stereocenters. The Morgan fingerprint density at radius 2 is 2.04 bits per heavy atom. The lowest BCUT2D eigenvalue weighted by molar-refractivity contribution is -0.121. The summed E-state index contributed by atoms with van der Waals surface area (Å²) in [5.74, 6) is 0.734. The summed E-state index contributed by atoms with van der Waals surface area (Å²) in [4.78, 5) is 16.8. The van der Waals surface area contributed by atoms with E-state index in [1.54, 1.807) is 18.7 Å². The molecule has 0 saturated carbocycles. The van der Waals surface area contributed by atoms with Gasteiger partial charge in [-0.1, -0.05) is 0 Å². The molecule has 8 nitrogen and oxygen atoms in total. The number of rotatable bonds is 8. The monoisotopic (exact) mass is 362 g/mol. The van der Waals surface area contributed by atoms with E-state index in [1.807, 2.05) is 29.6 Å². The smallest absolute Gasteiger partial charge is 0.252 e. The molecule has 0 spiro atoms. The van der Waals surface area contributed by atoms with E-state index >= 15 is 0 Å². The van der Waals surface area contributed by atoms with Gasteiger partial charge in [0.05, 0.1) is 26.0 Å². The molecule has 0 saturated heterocycles. The zero-order valence-electron chi connectivity index (χ0n) is 13.9. The van der Waals surface area contributed by atoms with Crippen molar-refractivity contribution in [3.63, 3.8) is 0 Å². The molecule has 1 aromatic carbocycles. The Bertz CT molecular complexity index is 844. The van der Waals surface area contributed by atoms with Crippen LogP contribution in [-0.4, -0.2) is 54.5 Å². The van der Waals surface area contributed by atoms with E-state index in [0.717, 1.165) is 17.0 Å². The van der Waals surface area contributed by atoms with Crippen molar-refractivity contribution >= 4 is 28.2 Å². The van der Waals surface area contributed by atoms with Crippen LogP contribution >= 0.6 is 11.3 Å². The Labute approximate surface area is 148 Å². The minimum Gasteiger partial charge on any atom is -0.497 e. The van der Waals surface area contributed by atoms with Crippen molar-refractivity contribution in [3.05, 3.63) is 29.6 Å². The van der Waals surface area contributed by atoms with E-state index in [1.165, 1.54) is 11.3 Å². The molecule has 1 N–H and O–H groups in total. The number of ether oxygens (including phenoxy) is 3. The van der Waals surface area contributed by atoms with E-state index in [2.05, 4.69) is 15.4 Å². The van der Waals surface area contributed by atoms with E-state index in [9.17, 15) is 4.79 Å². The van der Waals surface area contributed by atoms with Gasteiger partial charge >= 0.3 is 0 Å². The van der Waals surface area contributed by atoms with Crippen LogP contribution in [0.3, 0.4) is 0 Å². The normalized spacial score (nSPS) is 11.0. The average Bonchev–Trinajstić information content (AvgIpc) is 3.19. The number of anilines is 1. The van der Waals surface area contributed by atoms with Crippen molar-refractivity contribution in [1.29, 1.82) is 0 Å². The average molecular weight is 362 g/mol. The van der Waals surface area contributed by atoms with Gasteiger partial charge in [0.1, 0.15) is 12.4 Å². The summed E-state index contributed by atoms with van der Waals surface area (Å²) in [6.45, 7) is 0.732. The maximum atomic E-state index is 11.8. The van der Waals surface area contributed by atoms with E-state index in [4.69, 9.17) is 14.2 Å². The number of nitrogens with one attached hydrogen (secondary N) is 1. The summed E-state index contributed by atoms with van der Waals surface area (Å²) in [6.07, 6.45) is 0. The number of thiazole rings is 1.